The third-order valence-corrected chi connectivity index (χ3v) is 4.31. The van der Waals surface area contributed by atoms with Crippen molar-refractivity contribution >= 4 is 55.2 Å². The number of rotatable bonds is 6. The van der Waals surface area contributed by atoms with E-state index < -0.39 is 0 Å². The Balaban J connectivity index is 2.42. The quantitative estimate of drug-likeness (QED) is 0.725. The van der Waals surface area contributed by atoms with Crippen molar-refractivity contribution in [1.29, 1.82) is 0 Å². The molecule has 0 bridgehead atoms. The van der Waals surface area contributed by atoms with Gasteiger partial charge in [0.05, 0.1) is 11.4 Å². The van der Waals surface area contributed by atoms with Gasteiger partial charge in [0.2, 0.25) is 5.91 Å². The highest BCUT2D eigenvalue weighted by Crippen LogP contribution is 2.26. The van der Waals surface area contributed by atoms with Gasteiger partial charge in [0, 0.05) is 8.95 Å². The summed E-state index contributed by atoms with van der Waals surface area (Å²) in [5.41, 5.74) is 0.806. The zero-order valence-electron chi connectivity index (χ0n) is 9.63. The van der Waals surface area contributed by atoms with E-state index in [1.54, 1.807) is 11.8 Å². The van der Waals surface area contributed by atoms with Crippen molar-refractivity contribution in [2.24, 2.45) is 0 Å². The van der Waals surface area contributed by atoms with Gasteiger partial charge < -0.3 is 5.32 Å². The van der Waals surface area contributed by atoms with Crippen molar-refractivity contribution in [3.8, 4) is 0 Å². The van der Waals surface area contributed by atoms with Gasteiger partial charge in [-0.25, -0.2) is 0 Å². The van der Waals surface area contributed by atoms with Crippen LogP contribution in [0.4, 0.5) is 5.69 Å². The Morgan fingerprint density at radius 1 is 1.41 bits per heavy atom. The van der Waals surface area contributed by atoms with Crippen LogP contribution >= 0.6 is 43.6 Å². The van der Waals surface area contributed by atoms with Crippen molar-refractivity contribution in [2.45, 2.75) is 19.8 Å². The molecule has 0 atom stereocenters. The van der Waals surface area contributed by atoms with Crippen LogP contribution in [0.15, 0.2) is 27.1 Å². The second kappa shape index (κ2) is 8.16. The first-order valence-electron chi connectivity index (χ1n) is 5.46. The van der Waals surface area contributed by atoms with Gasteiger partial charge in [0.1, 0.15) is 0 Å². The molecule has 94 valence electrons. The zero-order valence-corrected chi connectivity index (χ0v) is 13.6. The van der Waals surface area contributed by atoms with Gasteiger partial charge in [0.25, 0.3) is 0 Å². The summed E-state index contributed by atoms with van der Waals surface area (Å²) in [5, 5.41) is 2.89. The Labute approximate surface area is 123 Å². The molecular weight excluding hydrogens is 366 g/mol. The van der Waals surface area contributed by atoms with Crippen molar-refractivity contribution in [3.05, 3.63) is 27.1 Å². The molecule has 0 aliphatic rings. The van der Waals surface area contributed by atoms with E-state index >= 15 is 0 Å². The van der Waals surface area contributed by atoms with Crippen molar-refractivity contribution in [2.75, 3.05) is 16.8 Å². The summed E-state index contributed by atoms with van der Waals surface area (Å²) in [6.45, 7) is 2.15. The van der Waals surface area contributed by atoms with E-state index in [0.29, 0.717) is 5.75 Å². The third-order valence-electron chi connectivity index (χ3n) is 2.08. The highest BCUT2D eigenvalue weighted by molar-refractivity contribution is 9.11. The monoisotopic (exact) mass is 379 g/mol. The smallest absolute Gasteiger partial charge is 0.234 e. The van der Waals surface area contributed by atoms with Gasteiger partial charge in [-0.3, -0.25) is 4.79 Å². The summed E-state index contributed by atoms with van der Waals surface area (Å²) in [5.74, 6) is 1.60. The van der Waals surface area contributed by atoms with Crippen LogP contribution in [0.1, 0.15) is 19.8 Å². The lowest BCUT2D eigenvalue weighted by molar-refractivity contribution is -0.113. The van der Waals surface area contributed by atoms with Crippen LogP contribution in [0.2, 0.25) is 0 Å². The summed E-state index contributed by atoms with van der Waals surface area (Å²) in [7, 11) is 0. The first kappa shape index (κ1) is 15.1. The molecule has 1 aromatic rings. The van der Waals surface area contributed by atoms with Gasteiger partial charge in [-0.2, -0.15) is 11.8 Å². The first-order valence-corrected chi connectivity index (χ1v) is 8.20. The normalized spacial score (nSPS) is 10.3. The van der Waals surface area contributed by atoms with Crippen molar-refractivity contribution in [1.82, 2.24) is 0 Å². The fraction of sp³-hybridized carbons (Fsp3) is 0.417. The molecule has 0 aliphatic carbocycles. The molecule has 2 nitrogen and oxygen atoms in total. The average Bonchev–Trinajstić information content (AvgIpc) is 2.29. The van der Waals surface area contributed by atoms with Crippen LogP contribution in [-0.2, 0) is 4.79 Å². The van der Waals surface area contributed by atoms with Crippen LogP contribution in [0.3, 0.4) is 0 Å². The number of hydrogen-bond acceptors (Lipinski definition) is 2. The molecule has 0 radical (unpaired) electrons. The molecule has 0 unspecified atom stereocenters. The number of halogens is 2. The van der Waals surface area contributed by atoms with Crippen LogP contribution in [0.25, 0.3) is 0 Å². The summed E-state index contributed by atoms with van der Waals surface area (Å²) in [6.07, 6.45) is 2.34. The third kappa shape index (κ3) is 5.93. The summed E-state index contributed by atoms with van der Waals surface area (Å²) < 4.78 is 1.85. The van der Waals surface area contributed by atoms with Crippen molar-refractivity contribution in [3.63, 3.8) is 0 Å². The largest absolute Gasteiger partial charge is 0.324 e. The van der Waals surface area contributed by atoms with E-state index in [9.17, 15) is 4.79 Å². The van der Waals surface area contributed by atoms with Crippen LogP contribution < -0.4 is 5.32 Å². The summed E-state index contributed by atoms with van der Waals surface area (Å²) in [6, 6.07) is 5.72. The van der Waals surface area contributed by atoms with Gasteiger partial charge in [-0.1, -0.05) is 29.3 Å². The maximum atomic E-state index is 11.7. The van der Waals surface area contributed by atoms with Gasteiger partial charge >= 0.3 is 0 Å². The minimum absolute atomic E-state index is 0.0462. The van der Waals surface area contributed by atoms with Crippen molar-refractivity contribution < 1.29 is 4.79 Å². The molecule has 0 fully saturated rings. The van der Waals surface area contributed by atoms with Crippen LogP contribution in [0, 0.1) is 0 Å². The Morgan fingerprint density at radius 2 is 2.18 bits per heavy atom. The first-order chi connectivity index (χ1) is 8.13. The fourth-order valence-corrected chi connectivity index (χ4v) is 2.79. The fourth-order valence-electron chi connectivity index (χ4n) is 1.19. The topological polar surface area (TPSA) is 29.1 Å². The SMILES string of the molecule is CCCCSCC(=O)Nc1cc(Br)ccc1Br. The molecule has 0 saturated carbocycles. The Morgan fingerprint density at radius 3 is 2.88 bits per heavy atom. The van der Waals surface area contributed by atoms with Gasteiger partial charge in [0.15, 0.2) is 0 Å². The lowest BCUT2D eigenvalue weighted by Crippen LogP contribution is -2.14. The van der Waals surface area contributed by atoms with E-state index in [1.165, 1.54) is 12.8 Å². The molecule has 0 aromatic heterocycles. The number of hydrogen-bond donors (Lipinski definition) is 1. The van der Waals surface area contributed by atoms with E-state index in [2.05, 4.69) is 44.1 Å². The minimum atomic E-state index is 0.0462. The highest BCUT2D eigenvalue weighted by atomic mass is 79.9. The molecule has 1 amide bonds. The molecule has 5 heteroatoms. The van der Waals surface area contributed by atoms with Gasteiger partial charge in [-0.15, -0.1) is 0 Å². The average molecular weight is 381 g/mol. The second-order valence-corrected chi connectivity index (χ2v) is 6.45. The second-order valence-electron chi connectivity index (χ2n) is 3.58. The lowest BCUT2D eigenvalue weighted by Gasteiger charge is -2.07. The molecule has 1 aromatic carbocycles. The number of amides is 1. The van der Waals surface area contributed by atoms with Gasteiger partial charge in [-0.05, 0) is 46.3 Å². The van der Waals surface area contributed by atoms with E-state index in [-0.39, 0.29) is 5.91 Å². The molecule has 0 heterocycles. The maximum absolute atomic E-state index is 11.7. The summed E-state index contributed by atoms with van der Waals surface area (Å²) >= 11 is 8.47. The molecule has 0 saturated heterocycles. The van der Waals surface area contributed by atoms with Crippen LogP contribution in [-0.4, -0.2) is 17.4 Å². The number of carbonyl (C=O) groups excluding carboxylic acids is 1. The minimum Gasteiger partial charge on any atom is -0.324 e. The molecule has 17 heavy (non-hydrogen) atoms. The number of benzene rings is 1. The number of anilines is 1. The molecule has 1 N–H and O–H groups in total. The van der Waals surface area contributed by atoms with E-state index in [4.69, 9.17) is 0 Å². The molecule has 0 spiro atoms. The van der Waals surface area contributed by atoms with Crippen LogP contribution in [0.5, 0.6) is 0 Å². The predicted molar refractivity (Wildman–Crippen MR) is 82.7 cm³/mol. The Bertz CT molecular complexity index is 385. The number of carbonyl (C=O) groups is 1. The Hall–Kier alpha value is -0.000000000000000111. The maximum Gasteiger partial charge on any atom is 0.234 e. The zero-order chi connectivity index (χ0) is 12.7. The lowest BCUT2D eigenvalue weighted by atomic mass is 10.3. The number of unbranched alkanes of at least 4 members (excludes halogenated alkanes) is 1. The van der Waals surface area contributed by atoms with E-state index in [1.807, 2.05) is 18.2 Å². The number of thioether (sulfide) groups is 1. The molecule has 0 aliphatic heterocycles. The predicted octanol–water partition coefficient (Wildman–Crippen LogP) is 4.68. The summed E-state index contributed by atoms with van der Waals surface area (Å²) in [4.78, 5) is 11.7. The standard InChI is InChI=1S/C12H15Br2NOS/c1-2-3-6-17-8-12(16)15-11-7-9(13)4-5-10(11)14/h4-5,7H,2-3,6,8H2,1H3,(H,15,16). The molecule has 1 rings (SSSR count). The number of nitrogens with one attached hydrogen (secondary N) is 1. The molecular formula is C12H15Br2NOS. The van der Waals surface area contributed by atoms with E-state index in [0.717, 1.165) is 20.4 Å². The Kier molecular flexibility index (Phi) is 7.23. The highest BCUT2D eigenvalue weighted by Gasteiger charge is 2.06.